The first-order valence-electron chi connectivity index (χ1n) is 11.4. The number of pyridine rings is 1. The molecule has 4 rings (SSSR count). The molecule has 2 aromatic rings. The Hall–Kier alpha value is -4.01. The van der Waals surface area contributed by atoms with Gasteiger partial charge < -0.3 is 20.2 Å². The zero-order valence-corrected chi connectivity index (χ0v) is 19.6. The van der Waals surface area contributed by atoms with E-state index in [-0.39, 0.29) is 42.0 Å². The summed E-state index contributed by atoms with van der Waals surface area (Å²) in [5, 5.41) is 11.6. The summed E-state index contributed by atoms with van der Waals surface area (Å²) in [6.45, 7) is 0.422. The Morgan fingerprint density at radius 1 is 1.26 bits per heavy atom. The minimum Gasteiger partial charge on any atom is -0.478 e. The Morgan fingerprint density at radius 3 is 2.69 bits per heavy atom. The van der Waals surface area contributed by atoms with E-state index in [1.54, 1.807) is 11.0 Å². The quantitative estimate of drug-likeness (QED) is 0.597. The van der Waals surface area contributed by atoms with Crippen LogP contribution in [0.15, 0.2) is 60.5 Å². The molecule has 9 heteroatoms. The third kappa shape index (κ3) is 5.24. The second-order valence-corrected chi connectivity index (χ2v) is 8.88. The van der Waals surface area contributed by atoms with Crippen LogP contribution in [0.2, 0.25) is 0 Å². The van der Waals surface area contributed by atoms with Gasteiger partial charge in [-0.1, -0.05) is 18.2 Å². The first kappa shape index (κ1) is 24.1. The van der Waals surface area contributed by atoms with Gasteiger partial charge in [0.25, 0.3) is 5.91 Å². The second-order valence-electron chi connectivity index (χ2n) is 8.88. The number of nitrogens with one attached hydrogen (secondary N) is 1. The van der Waals surface area contributed by atoms with Gasteiger partial charge in [-0.15, -0.1) is 0 Å². The third-order valence-electron chi connectivity index (χ3n) is 6.29. The zero-order valence-electron chi connectivity index (χ0n) is 19.6. The lowest BCUT2D eigenvalue weighted by molar-refractivity contribution is -0.116. The highest BCUT2D eigenvalue weighted by Crippen LogP contribution is 2.39. The van der Waals surface area contributed by atoms with Gasteiger partial charge in [0.2, 0.25) is 5.91 Å². The Balaban J connectivity index is 1.46. The van der Waals surface area contributed by atoms with Gasteiger partial charge in [-0.05, 0) is 49.1 Å². The monoisotopic (exact) mass is 478 g/mol. The molecule has 0 bridgehead atoms. The molecule has 2 N–H and O–H groups in total. The number of rotatable bonds is 8. The van der Waals surface area contributed by atoms with Gasteiger partial charge in [-0.25, -0.2) is 14.2 Å². The smallest absolute Gasteiger partial charge is 0.337 e. The van der Waals surface area contributed by atoms with E-state index < -0.39 is 17.8 Å². The van der Waals surface area contributed by atoms with Crippen molar-refractivity contribution in [1.29, 1.82) is 0 Å². The Morgan fingerprint density at radius 2 is 2.06 bits per heavy atom. The van der Waals surface area contributed by atoms with Crippen molar-refractivity contribution in [2.45, 2.75) is 25.3 Å². The number of carboxylic acid groups (broad SMARTS) is 1. The zero-order chi connectivity index (χ0) is 25.1. The average molecular weight is 479 g/mol. The van der Waals surface area contributed by atoms with Crippen molar-refractivity contribution in [3.8, 4) is 0 Å². The lowest BCUT2D eigenvalue weighted by Crippen LogP contribution is -2.33. The molecular formula is C26H27FN4O4. The molecule has 2 unspecified atom stereocenters. The van der Waals surface area contributed by atoms with Crippen LogP contribution in [-0.2, 0) is 4.79 Å². The molecule has 182 valence electrons. The van der Waals surface area contributed by atoms with Crippen molar-refractivity contribution in [3.05, 3.63) is 83.0 Å². The van der Waals surface area contributed by atoms with Gasteiger partial charge in [0, 0.05) is 50.1 Å². The van der Waals surface area contributed by atoms with E-state index in [1.165, 1.54) is 24.3 Å². The fourth-order valence-corrected chi connectivity index (χ4v) is 4.47. The highest BCUT2D eigenvalue weighted by Gasteiger charge is 2.39. The largest absolute Gasteiger partial charge is 0.478 e. The Labute approximate surface area is 202 Å². The summed E-state index contributed by atoms with van der Waals surface area (Å²) >= 11 is 0. The SMILES string of the molecule is CN(C)C1=CCC(CN2C(=O)c3cccc(F)c3C2CCC(=O)Nc2ccc(C(=O)O)cn2)C=C1. The molecule has 8 nitrogen and oxygen atoms in total. The summed E-state index contributed by atoms with van der Waals surface area (Å²) < 4.78 is 14.8. The summed E-state index contributed by atoms with van der Waals surface area (Å²) in [6.07, 6.45) is 8.41. The van der Waals surface area contributed by atoms with E-state index in [0.717, 1.165) is 18.3 Å². The number of carbonyl (C=O) groups is 3. The fourth-order valence-electron chi connectivity index (χ4n) is 4.47. The Kier molecular flexibility index (Phi) is 6.95. The molecule has 0 fully saturated rings. The van der Waals surface area contributed by atoms with Crippen LogP contribution in [-0.4, -0.2) is 58.3 Å². The van der Waals surface area contributed by atoms with Gasteiger partial charge in [-0.3, -0.25) is 9.59 Å². The van der Waals surface area contributed by atoms with E-state index in [9.17, 15) is 18.8 Å². The number of nitrogens with zero attached hydrogens (tertiary/aromatic N) is 3. The van der Waals surface area contributed by atoms with Crippen molar-refractivity contribution >= 4 is 23.6 Å². The minimum absolute atomic E-state index is 0.0134. The molecule has 0 saturated carbocycles. The number of halogens is 1. The van der Waals surface area contributed by atoms with E-state index in [1.807, 2.05) is 25.1 Å². The number of hydrogen-bond acceptors (Lipinski definition) is 5. The molecule has 1 aliphatic carbocycles. The molecule has 1 aromatic heterocycles. The number of hydrogen-bond donors (Lipinski definition) is 2. The minimum atomic E-state index is -1.11. The van der Waals surface area contributed by atoms with Crippen molar-refractivity contribution in [1.82, 2.24) is 14.8 Å². The highest BCUT2D eigenvalue weighted by atomic mass is 19.1. The number of carboxylic acids is 1. The number of likely N-dealkylation sites (N-methyl/N-ethyl adjacent to an activating group) is 1. The maximum atomic E-state index is 14.8. The molecule has 0 radical (unpaired) electrons. The number of fused-ring (bicyclic) bond motifs is 1. The summed E-state index contributed by atoms with van der Waals surface area (Å²) in [5.74, 6) is -1.83. The topological polar surface area (TPSA) is 103 Å². The number of carbonyl (C=O) groups excluding carboxylic acids is 2. The molecule has 2 amide bonds. The lowest BCUT2D eigenvalue weighted by Gasteiger charge is -2.30. The van der Waals surface area contributed by atoms with Crippen LogP contribution in [0.25, 0.3) is 0 Å². The summed E-state index contributed by atoms with van der Waals surface area (Å²) in [6, 6.07) is 6.69. The van der Waals surface area contributed by atoms with Crippen LogP contribution in [0.3, 0.4) is 0 Å². The number of allylic oxidation sites excluding steroid dienone is 2. The van der Waals surface area contributed by atoms with Crippen molar-refractivity contribution < 1.29 is 23.9 Å². The van der Waals surface area contributed by atoms with Crippen LogP contribution < -0.4 is 5.32 Å². The second kappa shape index (κ2) is 10.1. The molecule has 2 aliphatic rings. The number of amides is 2. The lowest BCUT2D eigenvalue weighted by atomic mass is 9.96. The summed E-state index contributed by atoms with van der Waals surface area (Å²) in [7, 11) is 3.94. The molecule has 1 aliphatic heterocycles. The van der Waals surface area contributed by atoms with E-state index >= 15 is 0 Å². The molecule has 2 atom stereocenters. The molecule has 35 heavy (non-hydrogen) atoms. The molecule has 0 saturated heterocycles. The van der Waals surface area contributed by atoms with Crippen molar-refractivity contribution in [2.75, 3.05) is 26.0 Å². The molecule has 0 spiro atoms. The standard InChI is InChI=1S/C26H27FN4O4/c1-30(2)18-9-6-16(7-10-18)15-31-21(24-19(25(31)33)4-3-5-20(24)27)11-13-23(32)29-22-12-8-17(14-28-22)26(34)35/h3-6,8-10,12,14,16,21H,7,11,13,15H2,1-2H3,(H,34,35)(H,28,29,32). The number of aromatic carboxylic acids is 1. The van der Waals surface area contributed by atoms with Gasteiger partial charge in [0.05, 0.1) is 11.6 Å². The third-order valence-corrected chi connectivity index (χ3v) is 6.29. The molecule has 1 aromatic carbocycles. The van der Waals surface area contributed by atoms with Crippen molar-refractivity contribution in [2.24, 2.45) is 5.92 Å². The first-order valence-corrected chi connectivity index (χ1v) is 11.4. The van der Waals surface area contributed by atoms with Gasteiger partial charge >= 0.3 is 5.97 Å². The van der Waals surface area contributed by atoms with Gasteiger partial charge in [0.1, 0.15) is 11.6 Å². The number of anilines is 1. The van der Waals surface area contributed by atoms with Gasteiger partial charge in [0.15, 0.2) is 0 Å². The van der Waals surface area contributed by atoms with E-state index in [2.05, 4.69) is 22.5 Å². The van der Waals surface area contributed by atoms with Crippen LogP contribution in [0.4, 0.5) is 10.2 Å². The Bertz CT molecular complexity index is 1210. The van der Waals surface area contributed by atoms with Crippen LogP contribution in [0.5, 0.6) is 0 Å². The predicted octanol–water partition coefficient (Wildman–Crippen LogP) is 3.86. The van der Waals surface area contributed by atoms with E-state index in [4.69, 9.17) is 5.11 Å². The van der Waals surface area contributed by atoms with Crippen molar-refractivity contribution in [3.63, 3.8) is 0 Å². The average Bonchev–Trinajstić information content (AvgIpc) is 3.10. The first-order chi connectivity index (χ1) is 16.7. The highest BCUT2D eigenvalue weighted by molar-refractivity contribution is 5.99. The maximum absolute atomic E-state index is 14.8. The normalized spacial score (nSPS) is 18.8. The predicted molar refractivity (Wildman–Crippen MR) is 128 cm³/mol. The summed E-state index contributed by atoms with van der Waals surface area (Å²) in [4.78, 5) is 44.3. The number of benzene rings is 1. The van der Waals surface area contributed by atoms with Crippen LogP contribution >= 0.6 is 0 Å². The van der Waals surface area contributed by atoms with Crippen LogP contribution in [0.1, 0.15) is 51.6 Å². The van der Waals surface area contributed by atoms with Gasteiger partial charge in [-0.2, -0.15) is 0 Å². The molecule has 2 heterocycles. The molecular weight excluding hydrogens is 451 g/mol. The number of aromatic nitrogens is 1. The van der Waals surface area contributed by atoms with E-state index in [0.29, 0.717) is 17.7 Å². The summed E-state index contributed by atoms with van der Waals surface area (Å²) in [5.41, 5.74) is 1.78. The van der Waals surface area contributed by atoms with Crippen LogP contribution in [0, 0.1) is 11.7 Å². The fraction of sp³-hybridized carbons (Fsp3) is 0.308. The maximum Gasteiger partial charge on any atom is 0.337 e.